The predicted molar refractivity (Wildman–Crippen MR) is 117 cm³/mol. The fraction of sp³-hybridized carbons (Fsp3) is 0.364. The second-order valence-electron chi connectivity index (χ2n) is 7.54. The van der Waals surface area contributed by atoms with E-state index in [1.165, 1.54) is 31.3 Å². The first kappa shape index (κ1) is 23.9. The Kier molecular flexibility index (Phi) is 8.42. The number of nitrogens with one attached hydrogen (secondary N) is 1. The molecule has 6 nitrogen and oxygen atoms in total. The van der Waals surface area contributed by atoms with Gasteiger partial charge in [0.1, 0.15) is 0 Å². The minimum Gasteiger partial charge on any atom is -0.348 e. The first-order valence-corrected chi connectivity index (χ1v) is 11.5. The van der Waals surface area contributed by atoms with E-state index < -0.39 is 15.9 Å². The molecule has 160 valence electrons. The number of nitriles is 1. The van der Waals surface area contributed by atoms with Gasteiger partial charge in [-0.1, -0.05) is 37.6 Å². The van der Waals surface area contributed by atoms with E-state index in [1.807, 2.05) is 18.2 Å². The van der Waals surface area contributed by atoms with Gasteiger partial charge in [0, 0.05) is 12.1 Å². The Morgan fingerprint density at radius 1 is 1.10 bits per heavy atom. The number of carbonyl (C=O) groups excluding carboxylic acids is 1. The van der Waals surface area contributed by atoms with Gasteiger partial charge in [0.05, 0.1) is 29.1 Å². The molecule has 0 aliphatic carbocycles. The molecule has 30 heavy (non-hydrogen) atoms. The van der Waals surface area contributed by atoms with Crippen molar-refractivity contribution in [2.45, 2.75) is 37.6 Å². The van der Waals surface area contributed by atoms with Crippen LogP contribution in [0.25, 0.3) is 0 Å². The normalized spacial score (nSPS) is 12.6. The summed E-state index contributed by atoms with van der Waals surface area (Å²) in [4.78, 5) is 12.7. The van der Waals surface area contributed by atoms with Crippen LogP contribution in [-0.2, 0) is 14.8 Å². The van der Waals surface area contributed by atoms with Crippen molar-refractivity contribution in [2.24, 2.45) is 5.92 Å². The lowest BCUT2D eigenvalue weighted by atomic mass is 9.97. The molecule has 2 rings (SSSR count). The first-order chi connectivity index (χ1) is 14.1. The number of carbonyl (C=O) groups is 1. The average Bonchev–Trinajstić information content (AvgIpc) is 2.71. The van der Waals surface area contributed by atoms with E-state index in [1.54, 1.807) is 12.1 Å². The van der Waals surface area contributed by atoms with Gasteiger partial charge < -0.3 is 5.32 Å². The summed E-state index contributed by atoms with van der Waals surface area (Å²) in [5, 5.41) is 12.4. The topological polar surface area (TPSA) is 90.3 Å². The third-order valence-corrected chi connectivity index (χ3v) is 6.77. The molecular formula is C22H26ClN3O3S. The SMILES string of the molecule is CC(C)CCC(NC(=O)CN(C)S(=O)(=O)c1ccc(C#N)cc1)c1ccc(Cl)cc1. The molecule has 2 aromatic rings. The van der Waals surface area contributed by atoms with Crippen LogP contribution < -0.4 is 5.32 Å². The largest absolute Gasteiger partial charge is 0.348 e. The van der Waals surface area contributed by atoms with Crippen LogP contribution in [0.1, 0.15) is 43.9 Å². The Labute approximate surface area is 183 Å². The third kappa shape index (κ3) is 6.56. The molecule has 1 atom stereocenters. The van der Waals surface area contributed by atoms with Crippen LogP contribution in [0.3, 0.4) is 0 Å². The number of amides is 1. The van der Waals surface area contributed by atoms with Gasteiger partial charge in [-0.15, -0.1) is 0 Å². The molecule has 0 heterocycles. The maximum Gasteiger partial charge on any atom is 0.243 e. The molecule has 1 amide bonds. The molecule has 0 saturated carbocycles. The Bertz CT molecular complexity index is 997. The number of halogens is 1. The number of hydrogen-bond acceptors (Lipinski definition) is 4. The first-order valence-electron chi connectivity index (χ1n) is 9.65. The summed E-state index contributed by atoms with van der Waals surface area (Å²) in [6.07, 6.45) is 1.64. The van der Waals surface area contributed by atoms with Crippen molar-refractivity contribution < 1.29 is 13.2 Å². The van der Waals surface area contributed by atoms with Gasteiger partial charge in [0.2, 0.25) is 15.9 Å². The van der Waals surface area contributed by atoms with Gasteiger partial charge in [0.15, 0.2) is 0 Å². The van der Waals surface area contributed by atoms with E-state index in [9.17, 15) is 13.2 Å². The maximum absolute atomic E-state index is 12.7. The van der Waals surface area contributed by atoms with E-state index in [0.717, 1.165) is 22.7 Å². The molecular weight excluding hydrogens is 422 g/mol. The number of rotatable bonds is 9. The van der Waals surface area contributed by atoms with E-state index >= 15 is 0 Å². The molecule has 0 radical (unpaired) electrons. The molecule has 2 aromatic carbocycles. The second-order valence-corrected chi connectivity index (χ2v) is 10.0. The lowest BCUT2D eigenvalue weighted by molar-refractivity contribution is -0.122. The number of sulfonamides is 1. The molecule has 0 saturated heterocycles. The molecule has 1 N–H and O–H groups in total. The van der Waals surface area contributed by atoms with Gasteiger partial charge in [0.25, 0.3) is 0 Å². The van der Waals surface area contributed by atoms with Crippen molar-refractivity contribution in [3.63, 3.8) is 0 Å². The van der Waals surface area contributed by atoms with Crippen molar-refractivity contribution >= 4 is 27.5 Å². The van der Waals surface area contributed by atoms with Crippen LogP contribution >= 0.6 is 11.6 Å². The van der Waals surface area contributed by atoms with Crippen molar-refractivity contribution in [1.82, 2.24) is 9.62 Å². The van der Waals surface area contributed by atoms with Crippen molar-refractivity contribution in [3.05, 3.63) is 64.7 Å². The average molecular weight is 448 g/mol. The lowest BCUT2D eigenvalue weighted by Gasteiger charge is -2.23. The summed E-state index contributed by atoms with van der Waals surface area (Å²) in [5.41, 5.74) is 1.29. The van der Waals surface area contributed by atoms with E-state index in [2.05, 4.69) is 19.2 Å². The van der Waals surface area contributed by atoms with Crippen LogP contribution in [0, 0.1) is 17.2 Å². The van der Waals surface area contributed by atoms with Crippen molar-refractivity contribution in [1.29, 1.82) is 5.26 Å². The van der Waals surface area contributed by atoms with Gasteiger partial charge in [-0.25, -0.2) is 8.42 Å². The fourth-order valence-electron chi connectivity index (χ4n) is 2.93. The Hall–Kier alpha value is -2.40. The van der Waals surface area contributed by atoms with E-state index in [0.29, 0.717) is 16.5 Å². The highest BCUT2D eigenvalue weighted by Gasteiger charge is 2.24. The molecule has 0 aliphatic rings. The zero-order valence-electron chi connectivity index (χ0n) is 17.3. The van der Waals surface area contributed by atoms with Gasteiger partial charge in [-0.2, -0.15) is 9.57 Å². The highest BCUT2D eigenvalue weighted by molar-refractivity contribution is 7.89. The number of benzene rings is 2. The summed E-state index contributed by atoms with van der Waals surface area (Å²) in [7, 11) is -2.49. The monoisotopic (exact) mass is 447 g/mol. The molecule has 0 aliphatic heterocycles. The number of likely N-dealkylation sites (N-methyl/N-ethyl adjacent to an activating group) is 1. The van der Waals surface area contributed by atoms with Crippen LogP contribution in [0.15, 0.2) is 53.4 Å². The standard InChI is InChI=1S/C22H26ClN3O3S/c1-16(2)4-13-21(18-7-9-19(23)10-8-18)25-22(27)15-26(3)30(28,29)20-11-5-17(14-24)6-12-20/h5-12,16,21H,4,13,15H2,1-3H3,(H,25,27). The summed E-state index contributed by atoms with van der Waals surface area (Å²) in [5.74, 6) is 0.0783. The summed E-state index contributed by atoms with van der Waals surface area (Å²) in [6.45, 7) is 3.91. The highest BCUT2D eigenvalue weighted by Crippen LogP contribution is 2.23. The minimum absolute atomic E-state index is 0.0332. The van der Waals surface area contributed by atoms with Gasteiger partial charge in [-0.05, 0) is 60.7 Å². The highest BCUT2D eigenvalue weighted by atomic mass is 35.5. The molecule has 0 spiro atoms. The maximum atomic E-state index is 12.7. The van der Waals surface area contributed by atoms with Crippen LogP contribution in [0.5, 0.6) is 0 Å². The molecule has 0 bridgehead atoms. The minimum atomic E-state index is -3.85. The molecule has 0 aromatic heterocycles. The van der Waals surface area contributed by atoms with Crippen molar-refractivity contribution in [3.8, 4) is 6.07 Å². The fourth-order valence-corrected chi connectivity index (χ4v) is 4.18. The zero-order chi connectivity index (χ0) is 22.3. The van der Waals surface area contributed by atoms with Crippen LogP contribution in [0.4, 0.5) is 0 Å². The van der Waals surface area contributed by atoms with Gasteiger partial charge in [-0.3, -0.25) is 4.79 Å². The third-order valence-electron chi connectivity index (χ3n) is 4.70. The zero-order valence-corrected chi connectivity index (χ0v) is 18.9. The Morgan fingerprint density at radius 3 is 2.23 bits per heavy atom. The number of nitrogens with zero attached hydrogens (tertiary/aromatic N) is 2. The summed E-state index contributed by atoms with van der Waals surface area (Å²) >= 11 is 5.97. The summed E-state index contributed by atoms with van der Waals surface area (Å²) in [6, 6.07) is 14.6. The lowest BCUT2D eigenvalue weighted by Crippen LogP contribution is -2.39. The van der Waals surface area contributed by atoms with Crippen LogP contribution in [0.2, 0.25) is 5.02 Å². The Morgan fingerprint density at radius 2 is 1.70 bits per heavy atom. The number of hydrogen-bond donors (Lipinski definition) is 1. The molecule has 0 fully saturated rings. The quantitative estimate of drug-likeness (QED) is 0.625. The molecule has 8 heteroatoms. The predicted octanol–water partition coefficient (Wildman–Crippen LogP) is 4.13. The molecule has 1 unspecified atom stereocenters. The van der Waals surface area contributed by atoms with E-state index in [-0.39, 0.29) is 17.5 Å². The van der Waals surface area contributed by atoms with Gasteiger partial charge >= 0.3 is 0 Å². The Balaban J connectivity index is 2.10. The second kappa shape index (κ2) is 10.6. The van der Waals surface area contributed by atoms with Crippen molar-refractivity contribution in [2.75, 3.05) is 13.6 Å². The smallest absolute Gasteiger partial charge is 0.243 e. The van der Waals surface area contributed by atoms with Crippen LogP contribution in [-0.4, -0.2) is 32.2 Å². The van der Waals surface area contributed by atoms with E-state index in [4.69, 9.17) is 16.9 Å². The summed E-state index contributed by atoms with van der Waals surface area (Å²) < 4.78 is 26.5.